The van der Waals surface area contributed by atoms with Crippen molar-refractivity contribution in [3.63, 3.8) is 0 Å². The van der Waals surface area contributed by atoms with Crippen LogP contribution >= 0.6 is 0 Å². The molecule has 1 aliphatic rings. The van der Waals surface area contributed by atoms with Crippen LogP contribution in [0.15, 0.2) is 0 Å². The first-order chi connectivity index (χ1) is 20.6. The Morgan fingerprint density at radius 3 is 1.88 bits per heavy atom. The molecule has 7 heteroatoms. The van der Waals surface area contributed by atoms with Crippen LogP contribution in [0.25, 0.3) is 0 Å². The zero-order chi connectivity index (χ0) is 30.5. The molecular formula is C35H68N2O5. The number of carboxylic acids is 1. The van der Waals surface area contributed by atoms with Gasteiger partial charge in [0.25, 0.3) is 0 Å². The molecule has 1 saturated carbocycles. The van der Waals surface area contributed by atoms with E-state index in [2.05, 4.69) is 16.7 Å². The topological polar surface area (TPSA) is 90.3 Å². The van der Waals surface area contributed by atoms with E-state index >= 15 is 0 Å². The Labute approximate surface area is 259 Å². The molecule has 0 amide bonds. The molecule has 7 nitrogen and oxygen atoms in total. The van der Waals surface area contributed by atoms with Crippen LogP contribution in [0.4, 0.5) is 0 Å². The van der Waals surface area contributed by atoms with E-state index in [-0.39, 0.29) is 19.0 Å². The number of carboxylic acid groups (broad SMARTS) is 1. The van der Waals surface area contributed by atoms with Gasteiger partial charge < -0.3 is 14.9 Å². The average molecular weight is 597 g/mol. The summed E-state index contributed by atoms with van der Waals surface area (Å²) < 4.78 is 5.48. The highest BCUT2D eigenvalue weighted by Crippen LogP contribution is 2.23. The monoisotopic (exact) mass is 597 g/mol. The van der Waals surface area contributed by atoms with Crippen molar-refractivity contribution in [1.82, 2.24) is 9.80 Å². The molecule has 0 bridgehead atoms. The SMILES string of the molecule is CCCCCCCCCCCOC(=O)CCCCCN(CCN(CCO)CCCCCCCC(=O)O)C1CCCCC1. The maximum atomic E-state index is 12.2. The lowest BCUT2D eigenvalue weighted by atomic mass is 9.94. The van der Waals surface area contributed by atoms with Gasteiger partial charge in [-0.25, -0.2) is 0 Å². The zero-order valence-corrected chi connectivity index (χ0v) is 27.5. The lowest BCUT2D eigenvalue weighted by Gasteiger charge is -2.36. The van der Waals surface area contributed by atoms with Crippen LogP contribution in [0.1, 0.15) is 161 Å². The number of ether oxygens (including phenoxy) is 1. The number of aliphatic hydroxyl groups excluding tert-OH is 1. The van der Waals surface area contributed by atoms with Gasteiger partial charge in [0.2, 0.25) is 0 Å². The maximum absolute atomic E-state index is 12.2. The standard InChI is InChI=1S/C35H68N2O5/c1-2-3-4-5-6-7-8-12-21-32-42-35(41)25-18-14-20-27-37(33-22-15-13-16-23-33)29-28-36(30-31-38)26-19-11-9-10-17-24-34(39)40/h33,38H,2-32H2,1H3,(H,39,40). The molecule has 1 rings (SSSR count). The van der Waals surface area contributed by atoms with Crippen LogP contribution in [0.2, 0.25) is 0 Å². The minimum Gasteiger partial charge on any atom is -0.481 e. The number of hydrogen-bond acceptors (Lipinski definition) is 6. The quantitative estimate of drug-likeness (QED) is 0.0642. The molecule has 2 N–H and O–H groups in total. The van der Waals surface area contributed by atoms with E-state index in [1.165, 1.54) is 83.5 Å². The predicted octanol–water partition coefficient (Wildman–Crippen LogP) is 7.98. The van der Waals surface area contributed by atoms with Crippen molar-refractivity contribution in [2.24, 2.45) is 0 Å². The van der Waals surface area contributed by atoms with Gasteiger partial charge in [-0.05, 0) is 58.0 Å². The Morgan fingerprint density at radius 1 is 0.643 bits per heavy atom. The number of rotatable bonds is 30. The number of aliphatic carboxylic acids is 1. The van der Waals surface area contributed by atoms with Crippen molar-refractivity contribution in [3.8, 4) is 0 Å². The number of hydrogen-bond donors (Lipinski definition) is 2. The summed E-state index contributed by atoms with van der Waals surface area (Å²) in [4.78, 5) is 27.9. The molecule has 0 aromatic carbocycles. The number of unbranched alkanes of at least 4 members (excludes halogenated alkanes) is 14. The van der Waals surface area contributed by atoms with Crippen molar-refractivity contribution in [1.29, 1.82) is 0 Å². The van der Waals surface area contributed by atoms with E-state index in [9.17, 15) is 14.7 Å². The number of esters is 1. The van der Waals surface area contributed by atoms with Crippen molar-refractivity contribution < 1.29 is 24.5 Å². The van der Waals surface area contributed by atoms with E-state index in [0.29, 0.717) is 19.1 Å². The van der Waals surface area contributed by atoms with Crippen molar-refractivity contribution in [3.05, 3.63) is 0 Å². The lowest BCUT2D eigenvalue weighted by molar-refractivity contribution is -0.144. The van der Waals surface area contributed by atoms with Gasteiger partial charge in [0.05, 0.1) is 13.2 Å². The zero-order valence-electron chi connectivity index (χ0n) is 27.5. The normalized spacial score (nSPS) is 14.2. The minimum absolute atomic E-state index is 0.0276. The third-order valence-electron chi connectivity index (χ3n) is 8.91. The van der Waals surface area contributed by atoms with Gasteiger partial charge in [-0.2, -0.15) is 0 Å². The Balaban J connectivity index is 2.21. The molecule has 0 saturated heterocycles. The molecule has 1 aliphatic carbocycles. The fraction of sp³-hybridized carbons (Fsp3) is 0.943. The Morgan fingerprint density at radius 2 is 1.21 bits per heavy atom. The highest BCUT2D eigenvalue weighted by Gasteiger charge is 2.21. The van der Waals surface area contributed by atoms with Crippen molar-refractivity contribution in [2.75, 3.05) is 45.9 Å². The summed E-state index contributed by atoms with van der Waals surface area (Å²) in [7, 11) is 0. The highest BCUT2D eigenvalue weighted by atomic mass is 16.5. The minimum atomic E-state index is -0.700. The fourth-order valence-electron chi connectivity index (χ4n) is 6.24. The summed E-state index contributed by atoms with van der Waals surface area (Å²) in [5.41, 5.74) is 0. The molecule has 0 aromatic heterocycles. The van der Waals surface area contributed by atoms with Gasteiger partial charge in [-0.1, -0.05) is 103 Å². The van der Waals surface area contributed by atoms with Crippen LogP contribution in [-0.4, -0.2) is 83.9 Å². The van der Waals surface area contributed by atoms with Crippen LogP contribution in [-0.2, 0) is 14.3 Å². The lowest BCUT2D eigenvalue weighted by Crippen LogP contribution is -2.43. The van der Waals surface area contributed by atoms with E-state index < -0.39 is 5.97 Å². The van der Waals surface area contributed by atoms with Crippen molar-refractivity contribution in [2.45, 2.75) is 167 Å². The molecule has 0 atom stereocenters. The molecule has 0 unspecified atom stereocenters. The van der Waals surface area contributed by atoms with Gasteiger partial charge in [0.1, 0.15) is 0 Å². The largest absolute Gasteiger partial charge is 0.481 e. The average Bonchev–Trinajstić information content (AvgIpc) is 2.99. The molecule has 0 radical (unpaired) electrons. The van der Waals surface area contributed by atoms with Gasteiger partial charge >= 0.3 is 11.9 Å². The predicted molar refractivity (Wildman–Crippen MR) is 174 cm³/mol. The third kappa shape index (κ3) is 23.3. The Hall–Kier alpha value is -1.18. The number of nitrogens with zero attached hydrogens (tertiary/aromatic N) is 2. The first-order valence-electron chi connectivity index (χ1n) is 18.0. The van der Waals surface area contributed by atoms with Gasteiger partial charge in [-0.3, -0.25) is 19.4 Å². The van der Waals surface area contributed by atoms with Crippen molar-refractivity contribution >= 4 is 11.9 Å². The number of carbonyl (C=O) groups excluding carboxylic acids is 1. The molecular weight excluding hydrogens is 528 g/mol. The first kappa shape index (κ1) is 38.8. The van der Waals surface area contributed by atoms with Crippen LogP contribution in [0, 0.1) is 0 Å². The Kier molecular flexibility index (Phi) is 26.4. The molecule has 0 spiro atoms. The van der Waals surface area contributed by atoms with Crippen LogP contribution in [0.5, 0.6) is 0 Å². The Bertz CT molecular complexity index is 627. The summed E-state index contributed by atoms with van der Waals surface area (Å²) >= 11 is 0. The highest BCUT2D eigenvalue weighted by molar-refractivity contribution is 5.69. The smallest absolute Gasteiger partial charge is 0.305 e. The first-order valence-corrected chi connectivity index (χ1v) is 18.0. The molecule has 248 valence electrons. The van der Waals surface area contributed by atoms with Gasteiger partial charge in [-0.15, -0.1) is 0 Å². The summed E-state index contributed by atoms with van der Waals surface area (Å²) in [5, 5.41) is 18.4. The summed E-state index contributed by atoms with van der Waals surface area (Å²) in [6.07, 6.45) is 27.1. The second kappa shape index (κ2) is 28.6. The molecule has 0 aromatic rings. The molecule has 1 fully saturated rings. The van der Waals surface area contributed by atoms with E-state index in [0.717, 1.165) is 90.5 Å². The van der Waals surface area contributed by atoms with E-state index in [1.54, 1.807) is 0 Å². The summed E-state index contributed by atoms with van der Waals surface area (Å²) in [6, 6.07) is 0.672. The van der Waals surface area contributed by atoms with E-state index in [4.69, 9.17) is 9.84 Å². The van der Waals surface area contributed by atoms with Crippen LogP contribution in [0.3, 0.4) is 0 Å². The third-order valence-corrected chi connectivity index (χ3v) is 8.91. The number of aliphatic hydroxyl groups is 1. The molecule has 42 heavy (non-hydrogen) atoms. The van der Waals surface area contributed by atoms with Gasteiger partial charge in [0, 0.05) is 38.5 Å². The molecule has 0 heterocycles. The second-order valence-electron chi connectivity index (χ2n) is 12.7. The fourth-order valence-corrected chi connectivity index (χ4v) is 6.24. The second-order valence-corrected chi connectivity index (χ2v) is 12.7. The summed E-state index contributed by atoms with van der Waals surface area (Å²) in [5.74, 6) is -0.728. The summed E-state index contributed by atoms with van der Waals surface area (Å²) in [6.45, 7) is 7.88. The number of carbonyl (C=O) groups is 2. The van der Waals surface area contributed by atoms with E-state index in [1.807, 2.05) is 0 Å². The van der Waals surface area contributed by atoms with Crippen LogP contribution < -0.4 is 0 Å². The molecule has 0 aliphatic heterocycles. The van der Waals surface area contributed by atoms with Gasteiger partial charge in [0.15, 0.2) is 0 Å². The maximum Gasteiger partial charge on any atom is 0.305 e.